The van der Waals surface area contributed by atoms with Gasteiger partial charge in [-0.15, -0.1) is 0 Å². The summed E-state index contributed by atoms with van der Waals surface area (Å²) in [6.45, 7) is 0.547. The zero-order valence-electron chi connectivity index (χ0n) is 11.2. The summed E-state index contributed by atoms with van der Waals surface area (Å²) in [4.78, 5) is 11.9. The van der Waals surface area contributed by atoms with Gasteiger partial charge in [-0.1, -0.05) is 25.3 Å². The molecule has 0 atom stereocenters. The molecule has 0 spiro atoms. The molecule has 1 heterocycles. The number of carbonyl (C=O) groups excluding carboxylic acids is 1. The van der Waals surface area contributed by atoms with Crippen LogP contribution in [-0.4, -0.2) is 19.8 Å². The summed E-state index contributed by atoms with van der Waals surface area (Å²) < 4.78 is 32.2. The molecule has 6 nitrogen and oxygen atoms in total. The van der Waals surface area contributed by atoms with E-state index in [9.17, 15) is 4.79 Å². The number of ketones is 1. The van der Waals surface area contributed by atoms with Gasteiger partial charge >= 0.3 is 28.9 Å². The second-order valence-electron chi connectivity index (χ2n) is 4.78. The Balaban J connectivity index is 0.000000347. The fraction of sp³-hybridized carbons (Fsp3) is 0.538. The first-order valence-electron chi connectivity index (χ1n) is 6.49. The maximum absolute atomic E-state index is 11.9. The number of halogens is 1. The number of Topliss-reactive ketones (excluding diaryl/α,β-unsaturated/α-hetero) is 1. The molecule has 1 saturated carbocycles. The molecule has 0 amide bonds. The summed E-state index contributed by atoms with van der Waals surface area (Å²) in [5.41, 5.74) is 0. The Kier molecular flexibility index (Phi) is 7.04. The van der Waals surface area contributed by atoms with Crippen molar-refractivity contribution in [2.45, 2.75) is 38.6 Å². The van der Waals surface area contributed by atoms with Crippen molar-refractivity contribution in [2.75, 3.05) is 0 Å². The van der Waals surface area contributed by atoms with E-state index in [0.29, 0.717) is 18.2 Å². The van der Waals surface area contributed by atoms with E-state index in [2.05, 4.69) is 0 Å². The van der Waals surface area contributed by atoms with Gasteiger partial charge in [0.2, 0.25) is 6.54 Å². The maximum atomic E-state index is 11.9. The molecule has 0 aliphatic heterocycles. The molecule has 1 aliphatic carbocycles. The van der Waals surface area contributed by atoms with Crippen LogP contribution in [0.2, 0.25) is 0 Å². The van der Waals surface area contributed by atoms with Gasteiger partial charge in [0.1, 0.15) is 0 Å². The van der Waals surface area contributed by atoms with Gasteiger partial charge in [-0.25, -0.2) is 0 Å². The molecule has 0 saturated heterocycles. The molecule has 1 aliphatic rings. The molecule has 2 rings (SSSR count). The van der Waals surface area contributed by atoms with Gasteiger partial charge in [0.15, 0.2) is 18.2 Å². The van der Waals surface area contributed by atoms with Crippen LogP contribution in [0.15, 0.2) is 30.6 Å². The number of carbonyl (C=O) groups is 1. The van der Waals surface area contributed by atoms with Crippen molar-refractivity contribution in [3.05, 3.63) is 30.6 Å². The van der Waals surface area contributed by atoms with Crippen LogP contribution in [0.25, 0.3) is 0 Å². The summed E-state index contributed by atoms with van der Waals surface area (Å²) in [6.07, 6.45) is 9.90. The molecular formula is C13H21ClNO5+. The zero-order chi connectivity index (χ0) is 15.0. The van der Waals surface area contributed by atoms with Crippen molar-refractivity contribution in [3.63, 3.8) is 0 Å². The number of hydrogen-bond donors (Lipinski definition) is 3. The van der Waals surface area contributed by atoms with E-state index in [-0.39, 0.29) is 0 Å². The average Bonchev–Trinajstić information content (AvgIpc) is 2.39. The molecule has 7 heteroatoms. The Labute approximate surface area is 120 Å². The Morgan fingerprint density at radius 3 is 2.10 bits per heavy atom. The molecule has 3 N–H and O–H groups in total. The zero-order valence-corrected chi connectivity index (χ0v) is 11.9. The minimum atomic E-state index is -4.19. The number of aromatic nitrogens is 1. The fourth-order valence-corrected chi connectivity index (χ4v) is 2.27. The summed E-state index contributed by atoms with van der Waals surface area (Å²) >= 11 is 0. The first kappa shape index (κ1) is 17.0. The third kappa shape index (κ3) is 8.19. The van der Waals surface area contributed by atoms with Crippen LogP contribution >= 0.6 is 0 Å². The van der Waals surface area contributed by atoms with Gasteiger partial charge in [-0.05, 0) is 12.8 Å². The van der Waals surface area contributed by atoms with E-state index >= 15 is 0 Å². The molecule has 0 aromatic carbocycles. The van der Waals surface area contributed by atoms with Gasteiger partial charge in [0, 0.05) is 18.1 Å². The van der Waals surface area contributed by atoms with Crippen molar-refractivity contribution in [3.8, 4) is 0 Å². The van der Waals surface area contributed by atoms with Crippen LogP contribution < -0.4 is 9.23 Å². The fourth-order valence-electron chi connectivity index (χ4n) is 2.27. The summed E-state index contributed by atoms with van der Waals surface area (Å²) in [5, 5.41) is 0. The molecule has 0 bridgehead atoms. The Morgan fingerprint density at radius 2 is 1.60 bits per heavy atom. The van der Waals surface area contributed by atoms with E-state index in [1.165, 1.54) is 19.3 Å². The molecule has 1 aromatic rings. The number of pyridine rings is 1. The summed E-state index contributed by atoms with van der Waals surface area (Å²) in [6, 6.07) is 5.91. The molecule has 0 radical (unpaired) electrons. The van der Waals surface area contributed by atoms with Gasteiger partial charge in [-0.2, -0.15) is 4.57 Å². The van der Waals surface area contributed by atoms with Crippen molar-refractivity contribution in [2.24, 2.45) is 5.92 Å². The van der Waals surface area contributed by atoms with Crippen LogP contribution in [0.1, 0.15) is 32.1 Å². The Morgan fingerprint density at radius 1 is 1.10 bits per heavy atom. The molecule has 1 fully saturated rings. The third-order valence-corrected chi connectivity index (χ3v) is 3.18. The SMILES string of the molecule is O=C(C[n+]1ccccc1)C1CCCCC1.[O-][Cl+](O)(O)O. The molecule has 1 aromatic heterocycles. The standard InChI is InChI=1S/C13H18NO.ClH3O4/c15-13(12-7-3-1-4-8-12)11-14-9-5-2-6-10-14;2-1(3,4)5/h2,5-6,9-10,12H,1,3-4,7-8,11H2;2-4H/q+1;. The van der Waals surface area contributed by atoms with Crippen LogP contribution in [0.5, 0.6) is 0 Å². The van der Waals surface area contributed by atoms with E-state index in [1.54, 1.807) is 0 Å². The second kappa shape index (κ2) is 8.28. The van der Waals surface area contributed by atoms with Crippen LogP contribution in [0, 0.1) is 16.2 Å². The Hall–Kier alpha value is -1.05. The van der Waals surface area contributed by atoms with Gasteiger partial charge < -0.3 is 0 Å². The third-order valence-electron chi connectivity index (χ3n) is 3.18. The molecular weight excluding hydrogens is 286 g/mol. The van der Waals surface area contributed by atoms with E-state index in [1.807, 2.05) is 35.2 Å². The predicted molar refractivity (Wildman–Crippen MR) is 64.9 cm³/mol. The Bertz CT molecular complexity index is 395. The van der Waals surface area contributed by atoms with Crippen molar-refractivity contribution in [1.82, 2.24) is 0 Å². The molecule has 20 heavy (non-hydrogen) atoms. The predicted octanol–water partition coefficient (Wildman–Crippen LogP) is -0.736. The first-order chi connectivity index (χ1) is 9.36. The van der Waals surface area contributed by atoms with Crippen molar-refractivity contribution >= 4 is 5.78 Å². The number of rotatable bonds is 3. The quantitative estimate of drug-likeness (QED) is 0.638. The normalized spacial score (nSPS) is 17.0. The van der Waals surface area contributed by atoms with Crippen LogP contribution in [0.4, 0.5) is 0 Å². The van der Waals surface area contributed by atoms with E-state index < -0.39 is 10.2 Å². The molecule has 114 valence electrons. The first-order valence-corrected chi connectivity index (χ1v) is 7.81. The van der Waals surface area contributed by atoms with Crippen molar-refractivity contribution in [1.29, 1.82) is 0 Å². The van der Waals surface area contributed by atoms with Gasteiger partial charge in [-0.3, -0.25) is 4.79 Å². The summed E-state index contributed by atoms with van der Waals surface area (Å²) in [5.74, 6) is 0.734. The molecule has 0 unspecified atom stereocenters. The van der Waals surface area contributed by atoms with E-state index in [4.69, 9.17) is 18.6 Å². The van der Waals surface area contributed by atoms with Gasteiger partial charge in [0.05, 0.1) is 0 Å². The van der Waals surface area contributed by atoms with Gasteiger partial charge in [0.25, 0.3) is 0 Å². The summed E-state index contributed by atoms with van der Waals surface area (Å²) in [7, 11) is -4.19. The van der Waals surface area contributed by atoms with E-state index in [0.717, 1.165) is 12.8 Å². The topological polar surface area (TPSA) is 105 Å². The van der Waals surface area contributed by atoms with Crippen LogP contribution in [-0.2, 0) is 11.3 Å². The van der Waals surface area contributed by atoms with Crippen LogP contribution in [0.3, 0.4) is 0 Å². The van der Waals surface area contributed by atoms with Crippen molar-refractivity contribution < 1.29 is 38.2 Å². The average molecular weight is 307 g/mol. The number of hydrogen-bond acceptors (Lipinski definition) is 5. The number of nitrogens with zero attached hydrogens (tertiary/aromatic N) is 1. The second-order valence-corrected chi connectivity index (χ2v) is 5.65. The monoisotopic (exact) mass is 306 g/mol. The minimum absolute atomic E-state index is 0.325.